The molecule has 1 aromatic heterocycles. The number of phenols is 1. The predicted octanol–water partition coefficient (Wildman–Crippen LogP) is -0.257. The van der Waals surface area contributed by atoms with Gasteiger partial charge in [0.05, 0.1) is 12.4 Å². The number of carbonyl (C=O) groups is 4. The third kappa shape index (κ3) is 9.10. The Balaban J connectivity index is 2.20. The van der Waals surface area contributed by atoms with Crippen molar-refractivity contribution >= 4 is 36.3 Å². The summed E-state index contributed by atoms with van der Waals surface area (Å²) in [5.74, 6) is -3.36. The summed E-state index contributed by atoms with van der Waals surface area (Å²) in [7, 11) is 0. The van der Waals surface area contributed by atoms with Crippen LogP contribution in [0.1, 0.15) is 31.5 Å². The van der Waals surface area contributed by atoms with E-state index in [1.54, 1.807) is 12.1 Å². The second-order valence-corrected chi connectivity index (χ2v) is 9.13. The minimum Gasteiger partial charge on any atom is -0.508 e. The number of aliphatic carboxylic acids is 1. The molecule has 0 aliphatic carbocycles. The van der Waals surface area contributed by atoms with Gasteiger partial charge in [-0.05, 0) is 23.6 Å². The highest BCUT2D eigenvalue weighted by Gasteiger charge is 2.31. The summed E-state index contributed by atoms with van der Waals surface area (Å²) >= 11 is 4.16. The molecule has 1 heterocycles. The standard InChI is InChI=1S/C24H34N6O6S/c1-3-13(2)20(25)23(34)30-19(11-37)22(33)28-17(8-14-4-6-16(31)7-5-14)21(32)29-18(24(35)36)9-15-10-26-12-27-15/h4-7,10,12-13,17-20,31,37H,3,8-9,11,25H2,1-2H3,(H,26,27)(H,28,33)(H,29,32)(H,30,34)(H,35,36). The second kappa shape index (κ2) is 14.2. The molecular formula is C24H34N6O6S. The third-order valence-electron chi connectivity index (χ3n) is 5.98. The van der Waals surface area contributed by atoms with Gasteiger partial charge in [0.25, 0.3) is 0 Å². The van der Waals surface area contributed by atoms with E-state index in [0.717, 1.165) is 0 Å². The van der Waals surface area contributed by atoms with E-state index in [1.807, 2.05) is 13.8 Å². The first-order valence-electron chi connectivity index (χ1n) is 11.8. The van der Waals surface area contributed by atoms with Crippen molar-refractivity contribution in [2.24, 2.45) is 11.7 Å². The summed E-state index contributed by atoms with van der Waals surface area (Å²) < 4.78 is 0. The highest BCUT2D eigenvalue weighted by Crippen LogP contribution is 2.12. The summed E-state index contributed by atoms with van der Waals surface area (Å²) in [6.45, 7) is 3.71. The van der Waals surface area contributed by atoms with Gasteiger partial charge in [-0.1, -0.05) is 32.4 Å². The van der Waals surface area contributed by atoms with Gasteiger partial charge >= 0.3 is 5.97 Å². The maximum atomic E-state index is 13.2. The van der Waals surface area contributed by atoms with Crippen LogP contribution in [0.3, 0.4) is 0 Å². The molecule has 2 aromatic rings. The lowest BCUT2D eigenvalue weighted by atomic mass is 9.99. The number of aromatic nitrogens is 2. The van der Waals surface area contributed by atoms with E-state index in [9.17, 15) is 29.4 Å². The molecule has 8 N–H and O–H groups in total. The van der Waals surface area contributed by atoms with E-state index in [-0.39, 0.29) is 30.3 Å². The molecule has 0 spiro atoms. The number of hydrogen-bond acceptors (Lipinski definition) is 8. The van der Waals surface area contributed by atoms with Crippen LogP contribution in [0.4, 0.5) is 0 Å². The van der Waals surface area contributed by atoms with Crippen LogP contribution in [0.15, 0.2) is 36.8 Å². The molecule has 0 radical (unpaired) electrons. The van der Waals surface area contributed by atoms with Gasteiger partial charge in [0.1, 0.15) is 23.9 Å². The molecule has 37 heavy (non-hydrogen) atoms. The lowest BCUT2D eigenvalue weighted by Gasteiger charge is -2.25. The van der Waals surface area contributed by atoms with Gasteiger partial charge in [-0.3, -0.25) is 14.4 Å². The van der Waals surface area contributed by atoms with Gasteiger partial charge in [0.2, 0.25) is 17.7 Å². The summed E-state index contributed by atoms with van der Waals surface area (Å²) in [4.78, 5) is 57.1. The minimum atomic E-state index is -1.29. The fourth-order valence-electron chi connectivity index (χ4n) is 3.41. The topological polar surface area (TPSA) is 200 Å². The monoisotopic (exact) mass is 534 g/mol. The van der Waals surface area contributed by atoms with Crippen LogP contribution in [0.2, 0.25) is 0 Å². The molecule has 12 nitrogen and oxygen atoms in total. The number of carboxylic acids is 1. The molecule has 2 rings (SSSR count). The fourth-order valence-corrected chi connectivity index (χ4v) is 3.67. The maximum Gasteiger partial charge on any atom is 0.326 e. The van der Waals surface area contributed by atoms with Gasteiger partial charge in [0, 0.05) is 30.5 Å². The molecular weight excluding hydrogens is 500 g/mol. The third-order valence-corrected chi connectivity index (χ3v) is 6.34. The first-order valence-corrected chi connectivity index (χ1v) is 12.4. The molecule has 5 unspecified atom stereocenters. The van der Waals surface area contributed by atoms with Crippen LogP contribution in [-0.2, 0) is 32.0 Å². The lowest BCUT2D eigenvalue weighted by molar-refractivity contribution is -0.142. The fraction of sp³-hybridized carbons (Fsp3) is 0.458. The lowest BCUT2D eigenvalue weighted by Crippen LogP contribution is -2.58. The minimum absolute atomic E-state index is 0.00608. The summed E-state index contributed by atoms with van der Waals surface area (Å²) in [6, 6.07) is 1.61. The molecule has 0 saturated heterocycles. The number of nitrogens with zero attached hydrogens (tertiary/aromatic N) is 1. The van der Waals surface area contributed by atoms with Crippen LogP contribution in [0, 0.1) is 5.92 Å². The van der Waals surface area contributed by atoms with Crippen LogP contribution in [0.5, 0.6) is 5.75 Å². The highest BCUT2D eigenvalue weighted by molar-refractivity contribution is 7.80. The summed E-state index contributed by atoms with van der Waals surface area (Å²) in [6.07, 6.45) is 3.45. The normalized spacial score (nSPS) is 15.0. The zero-order chi connectivity index (χ0) is 27.5. The first kappa shape index (κ1) is 29.6. The van der Waals surface area contributed by atoms with Crippen LogP contribution >= 0.6 is 12.6 Å². The zero-order valence-corrected chi connectivity index (χ0v) is 21.6. The Bertz CT molecular complexity index is 1050. The molecule has 3 amide bonds. The highest BCUT2D eigenvalue weighted by atomic mass is 32.1. The molecule has 202 valence electrons. The molecule has 1 aromatic carbocycles. The SMILES string of the molecule is CCC(C)C(N)C(=O)NC(CS)C(=O)NC(Cc1ccc(O)cc1)C(=O)NC(Cc1cnc[nH]1)C(=O)O. The predicted molar refractivity (Wildman–Crippen MR) is 139 cm³/mol. The van der Waals surface area contributed by atoms with E-state index in [2.05, 4.69) is 38.5 Å². The van der Waals surface area contributed by atoms with Gasteiger partial charge in [-0.25, -0.2) is 9.78 Å². The van der Waals surface area contributed by atoms with Crippen LogP contribution in [0.25, 0.3) is 0 Å². The number of nitrogens with one attached hydrogen (secondary N) is 4. The molecule has 0 fully saturated rings. The largest absolute Gasteiger partial charge is 0.508 e. The van der Waals surface area contributed by atoms with Crippen molar-refractivity contribution in [2.45, 2.75) is 57.3 Å². The number of rotatable bonds is 14. The Morgan fingerprint density at radius 3 is 2.14 bits per heavy atom. The smallest absolute Gasteiger partial charge is 0.326 e. The van der Waals surface area contributed by atoms with Crippen molar-refractivity contribution in [3.63, 3.8) is 0 Å². The number of thiol groups is 1. The maximum absolute atomic E-state index is 13.2. The van der Waals surface area contributed by atoms with Crippen LogP contribution in [-0.4, -0.2) is 73.8 Å². The van der Waals surface area contributed by atoms with Gasteiger partial charge in [-0.2, -0.15) is 12.6 Å². The Kier molecular flexibility index (Phi) is 11.4. The number of amides is 3. The average molecular weight is 535 g/mol. The molecule has 13 heteroatoms. The Morgan fingerprint density at radius 1 is 1.00 bits per heavy atom. The van der Waals surface area contributed by atoms with Crippen molar-refractivity contribution < 1.29 is 29.4 Å². The van der Waals surface area contributed by atoms with E-state index in [4.69, 9.17) is 5.73 Å². The summed E-state index contributed by atoms with van der Waals surface area (Å²) in [5.41, 5.74) is 7.06. The van der Waals surface area contributed by atoms with Gasteiger partial charge < -0.3 is 36.9 Å². The number of carboxylic acid groups (broad SMARTS) is 1. The number of aromatic hydroxyl groups is 1. The number of imidazole rings is 1. The number of benzene rings is 1. The molecule has 0 aliphatic heterocycles. The number of aromatic amines is 1. The Hall–Kier alpha value is -3.58. The number of hydrogen-bond donors (Lipinski definition) is 8. The quantitative estimate of drug-likeness (QED) is 0.152. The number of H-pyrrole nitrogens is 1. The Labute approximate surface area is 220 Å². The first-order chi connectivity index (χ1) is 17.5. The second-order valence-electron chi connectivity index (χ2n) is 8.77. The average Bonchev–Trinajstić information content (AvgIpc) is 3.39. The zero-order valence-electron chi connectivity index (χ0n) is 20.7. The van der Waals surface area contributed by atoms with Gasteiger partial charge in [0.15, 0.2) is 0 Å². The number of carbonyl (C=O) groups excluding carboxylic acids is 3. The molecule has 0 aliphatic rings. The van der Waals surface area contributed by atoms with Crippen molar-refractivity contribution in [1.29, 1.82) is 0 Å². The van der Waals surface area contributed by atoms with E-state index in [1.165, 1.54) is 24.7 Å². The molecule has 0 bridgehead atoms. The van der Waals surface area contributed by atoms with Crippen molar-refractivity contribution in [3.8, 4) is 5.75 Å². The van der Waals surface area contributed by atoms with Crippen molar-refractivity contribution in [3.05, 3.63) is 48.0 Å². The van der Waals surface area contributed by atoms with E-state index >= 15 is 0 Å². The molecule has 5 atom stereocenters. The van der Waals surface area contributed by atoms with Gasteiger partial charge in [-0.15, -0.1) is 0 Å². The Morgan fingerprint density at radius 2 is 1.59 bits per heavy atom. The van der Waals surface area contributed by atoms with E-state index < -0.39 is 47.9 Å². The van der Waals surface area contributed by atoms with Crippen molar-refractivity contribution in [2.75, 3.05) is 5.75 Å². The van der Waals surface area contributed by atoms with Crippen molar-refractivity contribution in [1.82, 2.24) is 25.9 Å². The van der Waals surface area contributed by atoms with E-state index in [0.29, 0.717) is 17.7 Å². The molecule has 0 saturated carbocycles. The number of phenolic OH excluding ortho intramolecular Hbond substituents is 1. The number of nitrogens with two attached hydrogens (primary N) is 1. The van der Waals surface area contributed by atoms with Crippen LogP contribution < -0.4 is 21.7 Å². The summed E-state index contributed by atoms with van der Waals surface area (Å²) in [5, 5.41) is 26.8.